The Bertz CT molecular complexity index is 222. The summed E-state index contributed by atoms with van der Waals surface area (Å²) in [4.78, 5) is 13.8. The van der Waals surface area contributed by atoms with Gasteiger partial charge in [0, 0.05) is 0 Å². The molecule has 1 aliphatic rings. The molecule has 0 radical (unpaired) electrons. The Morgan fingerprint density at radius 2 is 1.75 bits per heavy atom. The molecule has 3 heteroatoms. The zero-order valence-corrected chi connectivity index (χ0v) is 10.7. The average Bonchev–Trinajstić information content (AvgIpc) is 2.54. The maximum atomic E-state index is 11.6. The third kappa shape index (κ3) is 2.76. The van der Waals surface area contributed by atoms with Crippen molar-refractivity contribution in [1.29, 1.82) is 0 Å². The quantitative estimate of drug-likeness (QED) is 0.785. The fourth-order valence-electron chi connectivity index (χ4n) is 2.86. The minimum atomic E-state index is -0.626. The molecule has 1 heterocycles. The fraction of sp³-hybridized carbons (Fsp3) is 0.923. The SMILES string of the molecule is CCCC(CC)(C(=O)O)N1CCCCCC1. The smallest absolute Gasteiger partial charge is 0.324 e. The maximum absolute atomic E-state index is 11.6. The lowest BCUT2D eigenvalue weighted by molar-refractivity contribution is -0.152. The number of nitrogens with zero attached hydrogens (tertiary/aromatic N) is 1. The van der Waals surface area contributed by atoms with Crippen LogP contribution in [-0.2, 0) is 4.79 Å². The van der Waals surface area contributed by atoms with Crippen LogP contribution in [0.5, 0.6) is 0 Å². The monoisotopic (exact) mass is 227 g/mol. The average molecular weight is 227 g/mol. The van der Waals surface area contributed by atoms with E-state index in [1.54, 1.807) is 0 Å². The Balaban J connectivity index is 2.83. The molecule has 0 aromatic carbocycles. The highest BCUT2D eigenvalue weighted by molar-refractivity contribution is 5.78. The van der Waals surface area contributed by atoms with Crippen LogP contribution in [0.4, 0.5) is 0 Å². The van der Waals surface area contributed by atoms with E-state index in [4.69, 9.17) is 0 Å². The van der Waals surface area contributed by atoms with Crippen molar-refractivity contribution in [1.82, 2.24) is 4.90 Å². The van der Waals surface area contributed by atoms with E-state index in [9.17, 15) is 9.90 Å². The molecule has 1 rings (SSSR count). The zero-order chi connectivity index (χ0) is 12.0. The summed E-state index contributed by atoms with van der Waals surface area (Å²) in [6.45, 7) is 6.00. The molecule has 3 nitrogen and oxygen atoms in total. The van der Waals surface area contributed by atoms with Gasteiger partial charge in [-0.3, -0.25) is 9.69 Å². The molecule has 0 bridgehead atoms. The van der Waals surface area contributed by atoms with E-state index in [-0.39, 0.29) is 0 Å². The molecule has 0 aliphatic carbocycles. The topological polar surface area (TPSA) is 40.5 Å². The molecule has 1 unspecified atom stereocenters. The van der Waals surface area contributed by atoms with Crippen molar-refractivity contribution in [2.24, 2.45) is 0 Å². The van der Waals surface area contributed by atoms with Gasteiger partial charge in [0.25, 0.3) is 0 Å². The standard InChI is InChI=1S/C13H25NO2/c1-3-9-13(4-2,12(15)16)14-10-7-5-6-8-11-14/h3-11H2,1-2H3,(H,15,16). The molecule has 1 saturated heterocycles. The van der Waals surface area contributed by atoms with Gasteiger partial charge in [-0.1, -0.05) is 33.1 Å². The molecule has 1 aliphatic heterocycles. The molecule has 16 heavy (non-hydrogen) atoms. The van der Waals surface area contributed by atoms with Gasteiger partial charge in [0.2, 0.25) is 0 Å². The van der Waals surface area contributed by atoms with Gasteiger partial charge in [-0.2, -0.15) is 0 Å². The first kappa shape index (κ1) is 13.5. The second-order valence-electron chi connectivity index (χ2n) is 4.84. The van der Waals surface area contributed by atoms with Crippen LogP contribution in [-0.4, -0.2) is 34.6 Å². The largest absolute Gasteiger partial charge is 0.480 e. The zero-order valence-electron chi connectivity index (χ0n) is 10.7. The van der Waals surface area contributed by atoms with E-state index < -0.39 is 11.5 Å². The van der Waals surface area contributed by atoms with E-state index >= 15 is 0 Å². The molecule has 0 amide bonds. The molecule has 1 atom stereocenters. The lowest BCUT2D eigenvalue weighted by atomic mass is 9.88. The Labute approximate surface area is 98.8 Å². The van der Waals surface area contributed by atoms with Gasteiger partial charge in [-0.25, -0.2) is 0 Å². The van der Waals surface area contributed by atoms with Crippen molar-refractivity contribution >= 4 is 5.97 Å². The first-order valence-electron chi connectivity index (χ1n) is 6.66. The molecule has 0 saturated carbocycles. The second kappa shape index (κ2) is 6.24. The van der Waals surface area contributed by atoms with Crippen molar-refractivity contribution < 1.29 is 9.90 Å². The lowest BCUT2D eigenvalue weighted by Crippen LogP contribution is -2.54. The Morgan fingerprint density at radius 3 is 2.12 bits per heavy atom. The maximum Gasteiger partial charge on any atom is 0.324 e. The summed E-state index contributed by atoms with van der Waals surface area (Å²) in [6.07, 6.45) is 7.24. The molecule has 1 N–H and O–H groups in total. The highest BCUT2D eigenvalue weighted by Gasteiger charge is 2.41. The van der Waals surface area contributed by atoms with Crippen LogP contribution in [0, 0.1) is 0 Å². The van der Waals surface area contributed by atoms with Gasteiger partial charge >= 0.3 is 5.97 Å². The Kier molecular flexibility index (Phi) is 5.26. The highest BCUT2D eigenvalue weighted by atomic mass is 16.4. The van der Waals surface area contributed by atoms with Gasteiger partial charge < -0.3 is 5.11 Å². The normalized spacial score (nSPS) is 22.4. The number of hydrogen-bond acceptors (Lipinski definition) is 2. The van der Waals surface area contributed by atoms with Crippen LogP contribution in [0.25, 0.3) is 0 Å². The van der Waals surface area contributed by atoms with Gasteiger partial charge in [0.05, 0.1) is 0 Å². The predicted octanol–water partition coefficient (Wildman–Crippen LogP) is 2.90. The molecular weight excluding hydrogens is 202 g/mol. The van der Waals surface area contributed by atoms with E-state index in [1.807, 2.05) is 6.92 Å². The number of hydrogen-bond donors (Lipinski definition) is 1. The minimum Gasteiger partial charge on any atom is -0.480 e. The summed E-state index contributed by atoms with van der Waals surface area (Å²) in [5.74, 6) is -0.626. The van der Waals surface area contributed by atoms with Crippen LogP contribution in [0.15, 0.2) is 0 Å². The number of carboxylic acids is 1. The summed E-state index contributed by atoms with van der Waals surface area (Å²) >= 11 is 0. The minimum absolute atomic E-state index is 0.598. The van der Waals surface area contributed by atoms with Gasteiger partial charge in [0.15, 0.2) is 0 Å². The number of carbonyl (C=O) groups is 1. The molecular formula is C13H25NO2. The highest BCUT2D eigenvalue weighted by Crippen LogP contribution is 2.28. The molecule has 1 fully saturated rings. The van der Waals surface area contributed by atoms with Crippen molar-refractivity contribution in [2.75, 3.05) is 13.1 Å². The van der Waals surface area contributed by atoms with Gasteiger partial charge in [-0.05, 0) is 38.8 Å². The second-order valence-corrected chi connectivity index (χ2v) is 4.84. The van der Waals surface area contributed by atoms with Gasteiger partial charge in [0.1, 0.15) is 5.54 Å². The third-order valence-corrected chi connectivity index (χ3v) is 3.86. The summed E-state index contributed by atoms with van der Waals surface area (Å²) < 4.78 is 0. The lowest BCUT2D eigenvalue weighted by Gasteiger charge is -2.39. The van der Waals surface area contributed by atoms with Crippen molar-refractivity contribution in [2.45, 2.75) is 64.3 Å². The van der Waals surface area contributed by atoms with Crippen LogP contribution >= 0.6 is 0 Å². The third-order valence-electron chi connectivity index (χ3n) is 3.86. The van der Waals surface area contributed by atoms with E-state index in [0.29, 0.717) is 0 Å². The Morgan fingerprint density at radius 1 is 1.19 bits per heavy atom. The van der Waals surface area contributed by atoms with Crippen LogP contribution in [0.2, 0.25) is 0 Å². The van der Waals surface area contributed by atoms with Crippen molar-refractivity contribution in [3.05, 3.63) is 0 Å². The van der Waals surface area contributed by atoms with Crippen molar-refractivity contribution in [3.63, 3.8) is 0 Å². The van der Waals surface area contributed by atoms with E-state index in [0.717, 1.165) is 45.2 Å². The molecule has 94 valence electrons. The van der Waals surface area contributed by atoms with E-state index in [2.05, 4.69) is 11.8 Å². The van der Waals surface area contributed by atoms with Crippen LogP contribution in [0.3, 0.4) is 0 Å². The summed E-state index contributed by atoms with van der Waals surface area (Å²) in [5.41, 5.74) is -0.598. The van der Waals surface area contributed by atoms with Gasteiger partial charge in [-0.15, -0.1) is 0 Å². The number of aliphatic carboxylic acids is 1. The van der Waals surface area contributed by atoms with Crippen LogP contribution in [0.1, 0.15) is 58.8 Å². The van der Waals surface area contributed by atoms with Crippen molar-refractivity contribution in [3.8, 4) is 0 Å². The van der Waals surface area contributed by atoms with Crippen LogP contribution < -0.4 is 0 Å². The Hall–Kier alpha value is -0.570. The molecule has 0 spiro atoms. The predicted molar refractivity (Wildman–Crippen MR) is 65.6 cm³/mol. The summed E-state index contributed by atoms with van der Waals surface area (Å²) in [7, 11) is 0. The summed E-state index contributed by atoms with van der Waals surface area (Å²) in [6, 6.07) is 0. The molecule has 0 aromatic rings. The first-order chi connectivity index (χ1) is 7.67. The number of likely N-dealkylation sites (tertiary alicyclic amines) is 1. The number of carboxylic acid groups (broad SMARTS) is 1. The fourth-order valence-corrected chi connectivity index (χ4v) is 2.86. The van der Waals surface area contributed by atoms with E-state index in [1.165, 1.54) is 12.8 Å². The first-order valence-corrected chi connectivity index (χ1v) is 6.66. The molecule has 0 aromatic heterocycles. The summed E-state index contributed by atoms with van der Waals surface area (Å²) in [5, 5.41) is 9.56. The number of rotatable bonds is 5.